The van der Waals surface area contributed by atoms with Crippen molar-refractivity contribution in [3.05, 3.63) is 119 Å². The zero-order chi connectivity index (χ0) is 38.9. The van der Waals surface area contributed by atoms with Gasteiger partial charge in [0.1, 0.15) is 33.1 Å². The van der Waals surface area contributed by atoms with Gasteiger partial charge in [-0.1, -0.05) is 0 Å². The Bertz CT molecular complexity index is 2730. The van der Waals surface area contributed by atoms with Crippen molar-refractivity contribution in [1.82, 2.24) is 45.0 Å². The molecule has 3 aromatic heterocycles. The fourth-order valence-electron chi connectivity index (χ4n) is 5.25. The molecule has 4 aromatic carbocycles. The van der Waals surface area contributed by atoms with Gasteiger partial charge in [-0.15, -0.1) is 45.0 Å². The number of benzene rings is 4. The fourth-order valence-corrected chi connectivity index (χ4v) is 5.25. The third kappa shape index (κ3) is 5.15. The van der Waals surface area contributed by atoms with Gasteiger partial charge in [0.15, 0.2) is 11.4 Å². The van der Waals surface area contributed by atoms with Crippen LogP contribution in [-0.4, -0.2) is 79.4 Å². The van der Waals surface area contributed by atoms with Crippen molar-refractivity contribution in [2.24, 2.45) is 0 Å². The van der Waals surface area contributed by atoms with Gasteiger partial charge in [0.05, 0.1) is 58.7 Å². The summed E-state index contributed by atoms with van der Waals surface area (Å²) in [4.78, 5) is 76.5. The first-order chi connectivity index (χ1) is 25.5. The van der Waals surface area contributed by atoms with E-state index in [0.29, 0.717) is 38.7 Å². The van der Waals surface area contributed by atoms with E-state index in [0.717, 1.165) is 24.3 Å². The molecule has 7 aromatic rings. The van der Waals surface area contributed by atoms with Crippen molar-refractivity contribution < 1.29 is 34.5 Å². The summed E-state index contributed by atoms with van der Waals surface area (Å²) in [6, 6.07) is 5.71. The van der Waals surface area contributed by atoms with Crippen molar-refractivity contribution in [1.29, 1.82) is 0 Å². The normalized spacial score (nSPS) is 11.3. The maximum absolute atomic E-state index is 12.1. The Labute approximate surface area is 289 Å². The number of fused-ring (bicyclic) bond motifs is 6. The largest absolute Gasteiger partial charge is 0.310 e. The number of rotatable bonds is 10. The predicted octanol–water partition coefficient (Wildman–Crippen LogP) is 3.25. The van der Waals surface area contributed by atoms with Crippen LogP contribution in [0.15, 0.2) is 48.5 Å². The van der Waals surface area contributed by atoms with Gasteiger partial charge in [-0.25, -0.2) is 0 Å². The SMILES string of the molecule is O=[N+]([O-])c1ccc(-n2nc3c4nn(-c5ccc([N+](=O)[O-])cc5[N+](=O)[O-])nc4c4nn(-c5c([N+](=O)[O-])cc([N+](=O)[O-])cc5[N+](=O)[O-])nc4c3n2)c([N+](=O)[O-])c1. The molecule has 0 aliphatic rings. The van der Waals surface area contributed by atoms with Crippen LogP contribution in [0.25, 0.3) is 50.2 Å². The number of nitrogens with zero attached hydrogens (tertiary/aromatic N) is 16. The number of nitro groups is 7. The first kappa shape index (κ1) is 33.4. The summed E-state index contributed by atoms with van der Waals surface area (Å²) in [5.41, 5.74) is -10.6. The predicted molar refractivity (Wildman–Crippen MR) is 170 cm³/mol. The molecule has 0 atom stereocenters. The molecule has 0 aliphatic heterocycles. The second-order valence-corrected chi connectivity index (χ2v) is 10.5. The van der Waals surface area contributed by atoms with E-state index in [2.05, 4.69) is 30.6 Å². The quantitative estimate of drug-likeness (QED) is 0.143. The maximum Gasteiger partial charge on any atom is 0.310 e. The monoisotopic (exact) mass is 744 g/mol. The molecule has 30 nitrogen and oxygen atoms in total. The van der Waals surface area contributed by atoms with E-state index < -0.39 is 102 Å². The highest BCUT2D eigenvalue weighted by Crippen LogP contribution is 2.39. The summed E-state index contributed by atoms with van der Waals surface area (Å²) in [6.45, 7) is 0. The van der Waals surface area contributed by atoms with Crippen molar-refractivity contribution in [3.8, 4) is 17.1 Å². The molecular weight excluding hydrogens is 736 g/mol. The minimum atomic E-state index is -1.20. The molecule has 0 N–H and O–H groups in total. The Morgan fingerprint density at radius 1 is 0.352 bits per heavy atom. The summed E-state index contributed by atoms with van der Waals surface area (Å²) in [6.07, 6.45) is 0. The lowest BCUT2D eigenvalue weighted by molar-refractivity contribution is -0.402. The summed E-state index contributed by atoms with van der Waals surface area (Å²) < 4.78 is 0. The number of aromatic nitrogens is 9. The molecule has 30 heteroatoms. The standard InChI is InChI=1S/C24H8N16O14/c41-34(42)9-1-3-12(14(5-9)37(47)48)31-25-18-19-21(28-32(26-19)13-4-2-10(35(43)44)6-15(13)38(49)50)23-22(20(18)27-31)29-33(30-23)24-16(39(51)52)7-11(36(45)46)8-17(24)40(53)54/h1-8H. The summed E-state index contributed by atoms with van der Waals surface area (Å²) in [7, 11) is 0. The van der Waals surface area contributed by atoms with Gasteiger partial charge in [-0.05, 0) is 12.1 Å². The van der Waals surface area contributed by atoms with Crippen LogP contribution in [0.4, 0.5) is 39.8 Å². The van der Waals surface area contributed by atoms with Crippen LogP contribution < -0.4 is 0 Å². The topological polar surface area (TPSA) is 394 Å². The van der Waals surface area contributed by atoms with Crippen LogP contribution in [0.2, 0.25) is 0 Å². The van der Waals surface area contributed by atoms with Crippen molar-refractivity contribution in [3.63, 3.8) is 0 Å². The Balaban J connectivity index is 1.59. The van der Waals surface area contributed by atoms with Gasteiger partial charge in [0, 0.05) is 12.1 Å². The lowest BCUT2D eigenvalue weighted by Crippen LogP contribution is -2.08. The van der Waals surface area contributed by atoms with E-state index in [9.17, 15) is 70.8 Å². The number of nitro benzene ring substituents is 7. The molecule has 0 amide bonds. The van der Waals surface area contributed by atoms with E-state index in [1.54, 1.807) is 0 Å². The van der Waals surface area contributed by atoms with Gasteiger partial charge in [-0.3, -0.25) is 70.8 Å². The molecule has 54 heavy (non-hydrogen) atoms. The maximum atomic E-state index is 12.1. The molecule has 0 saturated carbocycles. The molecule has 0 saturated heterocycles. The van der Waals surface area contributed by atoms with Crippen LogP contribution in [0.5, 0.6) is 0 Å². The summed E-state index contributed by atoms with van der Waals surface area (Å²) in [5.74, 6) is 0. The number of hydrogen-bond acceptors (Lipinski definition) is 20. The van der Waals surface area contributed by atoms with Gasteiger partial charge < -0.3 is 0 Å². The molecule has 0 bridgehead atoms. The van der Waals surface area contributed by atoms with Crippen LogP contribution in [0.1, 0.15) is 0 Å². The third-order valence-corrected chi connectivity index (χ3v) is 7.54. The Kier molecular flexibility index (Phi) is 7.26. The lowest BCUT2D eigenvalue weighted by atomic mass is 10.2. The summed E-state index contributed by atoms with van der Waals surface area (Å²) >= 11 is 0. The lowest BCUT2D eigenvalue weighted by Gasteiger charge is -2.03. The Morgan fingerprint density at radius 3 is 0.907 bits per heavy atom. The van der Waals surface area contributed by atoms with Crippen LogP contribution in [0.3, 0.4) is 0 Å². The van der Waals surface area contributed by atoms with Crippen molar-refractivity contribution >= 4 is 72.9 Å². The van der Waals surface area contributed by atoms with Crippen molar-refractivity contribution in [2.45, 2.75) is 0 Å². The number of non-ortho nitro benzene ring substituents is 3. The highest BCUT2D eigenvalue weighted by atomic mass is 16.7. The van der Waals surface area contributed by atoms with Gasteiger partial charge in [-0.2, -0.15) is 0 Å². The Hall–Kier alpha value is -9.12. The molecule has 0 fully saturated rings. The zero-order valence-electron chi connectivity index (χ0n) is 25.5. The molecule has 0 aliphatic carbocycles. The highest BCUT2D eigenvalue weighted by molar-refractivity contribution is 6.17. The molecule has 7 rings (SSSR count). The molecule has 0 radical (unpaired) electrons. The average molecular weight is 744 g/mol. The second kappa shape index (κ2) is 11.7. The van der Waals surface area contributed by atoms with Crippen LogP contribution in [-0.2, 0) is 0 Å². The van der Waals surface area contributed by atoms with Gasteiger partial charge >= 0.3 is 22.7 Å². The Morgan fingerprint density at radius 2 is 0.630 bits per heavy atom. The van der Waals surface area contributed by atoms with E-state index in [1.165, 1.54) is 0 Å². The summed E-state index contributed by atoms with van der Waals surface area (Å²) in [5, 5.41) is 107. The van der Waals surface area contributed by atoms with E-state index in [4.69, 9.17) is 0 Å². The van der Waals surface area contributed by atoms with E-state index in [-0.39, 0.29) is 22.1 Å². The highest BCUT2D eigenvalue weighted by Gasteiger charge is 2.35. The van der Waals surface area contributed by atoms with Crippen LogP contribution >= 0.6 is 0 Å². The first-order valence-electron chi connectivity index (χ1n) is 14.0. The number of hydrogen-bond donors (Lipinski definition) is 0. The molecular formula is C24H8N16O14. The van der Waals surface area contributed by atoms with E-state index in [1.807, 2.05) is 0 Å². The zero-order valence-corrected chi connectivity index (χ0v) is 25.5. The second-order valence-electron chi connectivity index (χ2n) is 10.5. The molecule has 268 valence electrons. The minimum absolute atomic E-state index is 0.333. The van der Waals surface area contributed by atoms with Gasteiger partial charge in [0.25, 0.3) is 17.1 Å². The van der Waals surface area contributed by atoms with E-state index >= 15 is 0 Å². The fraction of sp³-hybridized carbons (Fsp3) is 0. The molecule has 0 unspecified atom stereocenters. The molecule has 3 heterocycles. The van der Waals surface area contributed by atoms with Crippen LogP contribution in [0, 0.1) is 70.8 Å². The third-order valence-electron chi connectivity index (χ3n) is 7.54. The van der Waals surface area contributed by atoms with Gasteiger partial charge in [0.2, 0.25) is 5.69 Å². The average Bonchev–Trinajstić information content (AvgIpc) is 3.87. The molecule has 0 spiro atoms. The first-order valence-corrected chi connectivity index (χ1v) is 14.0. The smallest absolute Gasteiger partial charge is 0.258 e. The minimum Gasteiger partial charge on any atom is -0.258 e. The van der Waals surface area contributed by atoms with Crippen molar-refractivity contribution in [2.75, 3.05) is 0 Å².